The number of amides is 1. The lowest BCUT2D eigenvalue weighted by molar-refractivity contribution is 0.0946. The van der Waals surface area contributed by atoms with Crippen LogP contribution in [-0.2, 0) is 6.54 Å². The Balaban J connectivity index is 1.68. The topological polar surface area (TPSA) is 58.1 Å². The molecular formula is C17H22N4OS. The van der Waals surface area contributed by atoms with E-state index in [9.17, 15) is 4.79 Å². The molecule has 2 heterocycles. The highest BCUT2D eigenvalue weighted by atomic mass is 32.1. The summed E-state index contributed by atoms with van der Waals surface area (Å²) in [6, 6.07) is 4.50. The van der Waals surface area contributed by atoms with Crippen LogP contribution in [0.15, 0.2) is 29.2 Å². The second-order valence-electron chi connectivity index (χ2n) is 5.95. The van der Waals surface area contributed by atoms with Gasteiger partial charge in [0, 0.05) is 36.8 Å². The van der Waals surface area contributed by atoms with Crippen molar-refractivity contribution in [3.63, 3.8) is 0 Å². The molecule has 0 spiro atoms. The number of anilines is 1. The van der Waals surface area contributed by atoms with E-state index >= 15 is 0 Å². The molecule has 0 radical (unpaired) electrons. The Hall–Kier alpha value is -1.95. The number of hydrogen-bond donors (Lipinski definition) is 1. The monoisotopic (exact) mass is 330 g/mol. The molecule has 1 aliphatic carbocycles. The summed E-state index contributed by atoms with van der Waals surface area (Å²) < 4.78 is 0. The molecule has 3 rings (SSSR count). The van der Waals surface area contributed by atoms with Gasteiger partial charge in [0.05, 0.1) is 5.51 Å². The molecule has 0 unspecified atom stereocenters. The number of rotatable bonds is 5. The molecular weight excluding hydrogens is 308 g/mol. The average molecular weight is 330 g/mol. The van der Waals surface area contributed by atoms with Crippen LogP contribution in [0, 0.1) is 0 Å². The summed E-state index contributed by atoms with van der Waals surface area (Å²) in [6.45, 7) is 0.469. The van der Waals surface area contributed by atoms with E-state index in [0.717, 1.165) is 11.4 Å². The number of nitrogens with one attached hydrogen (secondary N) is 1. The van der Waals surface area contributed by atoms with E-state index in [-0.39, 0.29) is 5.91 Å². The summed E-state index contributed by atoms with van der Waals surface area (Å²) in [6.07, 6.45) is 8.17. The van der Waals surface area contributed by atoms with Crippen LogP contribution in [0.1, 0.15) is 48.2 Å². The fourth-order valence-corrected chi connectivity index (χ4v) is 3.65. The second kappa shape index (κ2) is 7.55. The van der Waals surface area contributed by atoms with Crippen molar-refractivity contribution in [2.24, 2.45) is 0 Å². The zero-order chi connectivity index (χ0) is 16.1. The zero-order valence-electron chi connectivity index (χ0n) is 13.4. The molecule has 2 aromatic rings. The van der Waals surface area contributed by atoms with Gasteiger partial charge in [-0.05, 0) is 18.9 Å². The molecule has 2 aromatic heterocycles. The average Bonchev–Trinajstić information content (AvgIpc) is 3.15. The molecule has 1 aliphatic rings. The number of carbonyl (C=O) groups excluding carboxylic acids is 1. The quantitative estimate of drug-likeness (QED) is 0.914. The van der Waals surface area contributed by atoms with Crippen LogP contribution in [0.2, 0.25) is 0 Å². The Bertz CT molecular complexity index is 638. The predicted octanol–water partition coefficient (Wildman–Crippen LogP) is 3.24. The summed E-state index contributed by atoms with van der Waals surface area (Å²) in [5.74, 6) is 0.833. The van der Waals surface area contributed by atoms with Gasteiger partial charge in [0.2, 0.25) is 0 Å². The van der Waals surface area contributed by atoms with Gasteiger partial charge in [-0.15, -0.1) is 11.3 Å². The molecule has 1 N–H and O–H groups in total. The molecule has 0 aromatic carbocycles. The first-order valence-corrected chi connectivity index (χ1v) is 9.03. The molecule has 1 amide bonds. The Kier molecular flexibility index (Phi) is 5.23. The van der Waals surface area contributed by atoms with Gasteiger partial charge in [-0.1, -0.05) is 25.3 Å². The normalized spacial score (nSPS) is 15.3. The molecule has 0 bridgehead atoms. The second-order valence-corrected chi connectivity index (χ2v) is 6.66. The number of aromatic nitrogens is 2. The molecule has 6 heteroatoms. The predicted molar refractivity (Wildman–Crippen MR) is 92.8 cm³/mol. The van der Waals surface area contributed by atoms with E-state index in [1.807, 2.05) is 18.3 Å². The van der Waals surface area contributed by atoms with Gasteiger partial charge >= 0.3 is 0 Å². The van der Waals surface area contributed by atoms with E-state index in [0.29, 0.717) is 18.3 Å². The maximum absolute atomic E-state index is 12.1. The smallest absolute Gasteiger partial charge is 0.271 e. The first-order chi connectivity index (χ1) is 11.3. The minimum Gasteiger partial charge on any atom is -0.356 e. The Morgan fingerprint density at radius 1 is 1.35 bits per heavy atom. The van der Waals surface area contributed by atoms with E-state index in [1.165, 1.54) is 43.4 Å². The minimum absolute atomic E-state index is 0.138. The van der Waals surface area contributed by atoms with Gasteiger partial charge in [0.1, 0.15) is 11.5 Å². The van der Waals surface area contributed by atoms with Gasteiger partial charge < -0.3 is 10.2 Å². The van der Waals surface area contributed by atoms with E-state index in [1.54, 1.807) is 10.9 Å². The lowest BCUT2D eigenvalue weighted by Crippen LogP contribution is -2.35. The van der Waals surface area contributed by atoms with Crippen LogP contribution in [0.5, 0.6) is 0 Å². The summed E-state index contributed by atoms with van der Waals surface area (Å²) >= 11 is 1.42. The number of carbonyl (C=O) groups is 1. The van der Waals surface area contributed by atoms with E-state index in [4.69, 9.17) is 0 Å². The minimum atomic E-state index is -0.138. The Morgan fingerprint density at radius 2 is 2.17 bits per heavy atom. The Morgan fingerprint density at radius 3 is 2.91 bits per heavy atom. The SMILES string of the molecule is CN(c1ncccc1CNC(=O)c1cscn1)C1CCCCC1. The van der Waals surface area contributed by atoms with Crippen LogP contribution < -0.4 is 10.2 Å². The summed E-state index contributed by atoms with van der Waals surface area (Å²) in [4.78, 5) is 22.9. The molecule has 0 atom stereocenters. The van der Waals surface area contributed by atoms with Gasteiger partial charge in [-0.3, -0.25) is 4.79 Å². The van der Waals surface area contributed by atoms with Crippen LogP contribution in [-0.4, -0.2) is 29.0 Å². The first-order valence-electron chi connectivity index (χ1n) is 8.09. The van der Waals surface area contributed by atoms with Gasteiger partial charge in [-0.2, -0.15) is 0 Å². The van der Waals surface area contributed by atoms with Crippen molar-refractivity contribution in [1.82, 2.24) is 15.3 Å². The third kappa shape index (κ3) is 3.88. The van der Waals surface area contributed by atoms with Gasteiger partial charge in [-0.25, -0.2) is 9.97 Å². The number of nitrogens with zero attached hydrogens (tertiary/aromatic N) is 3. The molecule has 122 valence electrons. The number of thiazole rings is 1. The van der Waals surface area contributed by atoms with Crippen molar-refractivity contribution < 1.29 is 4.79 Å². The van der Waals surface area contributed by atoms with Gasteiger partial charge in [0.15, 0.2) is 0 Å². The van der Waals surface area contributed by atoms with Crippen molar-refractivity contribution in [3.8, 4) is 0 Å². The maximum Gasteiger partial charge on any atom is 0.271 e. The highest BCUT2D eigenvalue weighted by Crippen LogP contribution is 2.26. The molecule has 1 saturated carbocycles. The standard InChI is InChI=1S/C17H22N4OS/c1-21(14-7-3-2-4-8-14)16-13(6-5-9-18-16)10-19-17(22)15-11-23-12-20-15/h5-6,9,11-12,14H,2-4,7-8,10H2,1H3,(H,19,22). The highest BCUT2D eigenvalue weighted by molar-refractivity contribution is 7.07. The van der Waals surface area contributed by atoms with Crippen LogP contribution in [0.3, 0.4) is 0 Å². The summed E-state index contributed by atoms with van der Waals surface area (Å²) in [7, 11) is 2.12. The van der Waals surface area contributed by atoms with Gasteiger partial charge in [0.25, 0.3) is 5.91 Å². The van der Waals surface area contributed by atoms with Crippen LogP contribution in [0.4, 0.5) is 5.82 Å². The first kappa shape index (κ1) is 15.9. The number of hydrogen-bond acceptors (Lipinski definition) is 5. The van der Waals surface area contributed by atoms with Crippen molar-refractivity contribution in [2.75, 3.05) is 11.9 Å². The third-order valence-electron chi connectivity index (χ3n) is 4.43. The fourth-order valence-electron chi connectivity index (χ4n) is 3.12. The molecule has 0 saturated heterocycles. The molecule has 5 nitrogen and oxygen atoms in total. The number of pyridine rings is 1. The van der Waals surface area contributed by atoms with Crippen molar-refractivity contribution in [1.29, 1.82) is 0 Å². The van der Waals surface area contributed by atoms with Crippen LogP contribution in [0.25, 0.3) is 0 Å². The van der Waals surface area contributed by atoms with Crippen molar-refractivity contribution in [2.45, 2.75) is 44.7 Å². The third-order valence-corrected chi connectivity index (χ3v) is 5.01. The highest BCUT2D eigenvalue weighted by Gasteiger charge is 2.21. The summed E-state index contributed by atoms with van der Waals surface area (Å²) in [5, 5.41) is 4.70. The van der Waals surface area contributed by atoms with Crippen LogP contribution >= 0.6 is 11.3 Å². The molecule has 1 fully saturated rings. The van der Waals surface area contributed by atoms with Crippen molar-refractivity contribution in [3.05, 3.63) is 40.5 Å². The fraction of sp³-hybridized carbons (Fsp3) is 0.471. The Labute approximate surface area is 140 Å². The molecule has 0 aliphatic heterocycles. The summed E-state index contributed by atoms with van der Waals surface area (Å²) in [5.41, 5.74) is 3.19. The van der Waals surface area contributed by atoms with Crippen molar-refractivity contribution >= 4 is 23.1 Å². The van der Waals surface area contributed by atoms with E-state index < -0.39 is 0 Å². The lowest BCUT2D eigenvalue weighted by atomic mass is 9.94. The largest absolute Gasteiger partial charge is 0.356 e. The zero-order valence-corrected chi connectivity index (χ0v) is 14.2. The maximum atomic E-state index is 12.1. The lowest BCUT2D eigenvalue weighted by Gasteiger charge is -2.33. The molecule has 23 heavy (non-hydrogen) atoms. The van der Waals surface area contributed by atoms with E-state index in [2.05, 4.69) is 27.2 Å².